The Labute approximate surface area is 101 Å². The SMILES string of the molecule is CNCc1cc(OC)ccc1OC(C)C(N)=O. The third-order valence-corrected chi connectivity index (χ3v) is 2.34. The summed E-state index contributed by atoms with van der Waals surface area (Å²) >= 11 is 0. The molecule has 0 bridgehead atoms. The van der Waals surface area contributed by atoms with Crippen molar-refractivity contribution in [3.8, 4) is 11.5 Å². The molecule has 5 heteroatoms. The van der Waals surface area contributed by atoms with Crippen LogP contribution in [-0.2, 0) is 11.3 Å². The molecule has 3 N–H and O–H groups in total. The first-order valence-electron chi connectivity index (χ1n) is 5.36. The summed E-state index contributed by atoms with van der Waals surface area (Å²) in [5.41, 5.74) is 6.08. The van der Waals surface area contributed by atoms with E-state index in [9.17, 15) is 4.79 Å². The highest BCUT2D eigenvalue weighted by atomic mass is 16.5. The van der Waals surface area contributed by atoms with Crippen molar-refractivity contribution in [2.24, 2.45) is 5.73 Å². The molecule has 0 saturated heterocycles. The molecule has 0 saturated carbocycles. The molecule has 0 heterocycles. The number of carbonyl (C=O) groups is 1. The van der Waals surface area contributed by atoms with Crippen molar-refractivity contribution in [1.82, 2.24) is 5.32 Å². The van der Waals surface area contributed by atoms with Crippen molar-refractivity contribution in [2.75, 3.05) is 14.2 Å². The fraction of sp³-hybridized carbons (Fsp3) is 0.417. The Kier molecular flexibility index (Phi) is 4.78. The first kappa shape index (κ1) is 13.3. The van der Waals surface area contributed by atoms with Crippen molar-refractivity contribution in [3.63, 3.8) is 0 Å². The monoisotopic (exact) mass is 238 g/mol. The third-order valence-electron chi connectivity index (χ3n) is 2.34. The molecule has 17 heavy (non-hydrogen) atoms. The maximum Gasteiger partial charge on any atom is 0.258 e. The normalized spacial score (nSPS) is 11.9. The molecule has 1 atom stereocenters. The van der Waals surface area contributed by atoms with Gasteiger partial charge in [0.25, 0.3) is 5.91 Å². The highest BCUT2D eigenvalue weighted by molar-refractivity contribution is 5.78. The van der Waals surface area contributed by atoms with Crippen LogP contribution in [0, 0.1) is 0 Å². The minimum atomic E-state index is -0.654. The number of hydrogen-bond donors (Lipinski definition) is 2. The second kappa shape index (κ2) is 6.10. The van der Waals surface area contributed by atoms with Gasteiger partial charge in [-0.25, -0.2) is 0 Å². The predicted molar refractivity (Wildman–Crippen MR) is 65.0 cm³/mol. The Morgan fingerprint density at radius 2 is 2.24 bits per heavy atom. The Bertz CT molecular complexity index is 393. The van der Waals surface area contributed by atoms with Gasteiger partial charge in [0.15, 0.2) is 6.10 Å². The quantitative estimate of drug-likeness (QED) is 0.764. The Morgan fingerprint density at radius 1 is 1.53 bits per heavy atom. The molecule has 0 fully saturated rings. The summed E-state index contributed by atoms with van der Waals surface area (Å²) < 4.78 is 10.6. The van der Waals surface area contributed by atoms with Crippen molar-refractivity contribution < 1.29 is 14.3 Å². The van der Waals surface area contributed by atoms with Gasteiger partial charge >= 0.3 is 0 Å². The van der Waals surface area contributed by atoms with Gasteiger partial charge in [0.1, 0.15) is 11.5 Å². The lowest BCUT2D eigenvalue weighted by Crippen LogP contribution is -2.31. The van der Waals surface area contributed by atoms with E-state index in [1.165, 1.54) is 0 Å². The summed E-state index contributed by atoms with van der Waals surface area (Å²) in [5.74, 6) is 0.886. The maximum atomic E-state index is 11.0. The van der Waals surface area contributed by atoms with E-state index in [0.29, 0.717) is 12.3 Å². The molecule has 0 aliphatic rings. The van der Waals surface area contributed by atoms with Crippen molar-refractivity contribution in [2.45, 2.75) is 19.6 Å². The number of amides is 1. The van der Waals surface area contributed by atoms with Crippen LogP contribution < -0.4 is 20.5 Å². The highest BCUT2D eigenvalue weighted by Crippen LogP contribution is 2.24. The highest BCUT2D eigenvalue weighted by Gasteiger charge is 2.13. The third kappa shape index (κ3) is 3.64. The summed E-state index contributed by atoms with van der Waals surface area (Å²) in [5, 5.41) is 3.03. The van der Waals surface area contributed by atoms with E-state index in [1.54, 1.807) is 26.2 Å². The van der Waals surface area contributed by atoms with Gasteiger partial charge in [-0.1, -0.05) is 0 Å². The fourth-order valence-corrected chi connectivity index (χ4v) is 1.37. The molecule has 0 radical (unpaired) electrons. The molecule has 1 unspecified atom stereocenters. The summed E-state index contributed by atoms with van der Waals surface area (Å²) in [6.07, 6.45) is -0.654. The summed E-state index contributed by atoms with van der Waals surface area (Å²) in [4.78, 5) is 11.0. The molecular weight excluding hydrogens is 220 g/mol. The van der Waals surface area contributed by atoms with Gasteiger partial charge in [-0.05, 0) is 32.2 Å². The molecule has 0 aliphatic carbocycles. The van der Waals surface area contributed by atoms with Crippen LogP contribution in [0.4, 0.5) is 0 Å². The van der Waals surface area contributed by atoms with E-state index < -0.39 is 12.0 Å². The van der Waals surface area contributed by atoms with Gasteiger partial charge in [-0.2, -0.15) is 0 Å². The van der Waals surface area contributed by atoms with Gasteiger partial charge in [-0.15, -0.1) is 0 Å². The van der Waals surface area contributed by atoms with Crippen LogP contribution >= 0.6 is 0 Å². The van der Waals surface area contributed by atoms with E-state index in [2.05, 4.69) is 5.32 Å². The largest absolute Gasteiger partial charge is 0.497 e. The van der Waals surface area contributed by atoms with Crippen molar-refractivity contribution in [1.29, 1.82) is 0 Å². The first-order chi connectivity index (χ1) is 8.08. The zero-order valence-corrected chi connectivity index (χ0v) is 10.3. The zero-order chi connectivity index (χ0) is 12.8. The lowest BCUT2D eigenvalue weighted by atomic mass is 10.2. The standard InChI is InChI=1S/C12H18N2O3/c1-8(12(13)15)17-11-5-4-10(16-3)6-9(11)7-14-2/h4-6,8,14H,7H2,1-3H3,(H2,13,15). The molecule has 94 valence electrons. The molecule has 1 aromatic carbocycles. The van der Waals surface area contributed by atoms with E-state index >= 15 is 0 Å². The molecule has 1 amide bonds. The van der Waals surface area contributed by atoms with E-state index in [4.69, 9.17) is 15.2 Å². The predicted octanol–water partition coefficient (Wildman–Crippen LogP) is 0.667. The van der Waals surface area contributed by atoms with Crippen LogP contribution in [0.1, 0.15) is 12.5 Å². The lowest BCUT2D eigenvalue weighted by Gasteiger charge is -2.15. The van der Waals surface area contributed by atoms with Gasteiger partial charge < -0.3 is 20.5 Å². The Morgan fingerprint density at radius 3 is 2.76 bits per heavy atom. The number of nitrogens with two attached hydrogens (primary N) is 1. The summed E-state index contributed by atoms with van der Waals surface area (Å²) in [6, 6.07) is 5.41. The van der Waals surface area contributed by atoms with Gasteiger partial charge in [0, 0.05) is 12.1 Å². The first-order valence-corrected chi connectivity index (χ1v) is 5.36. The fourth-order valence-electron chi connectivity index (χ4n) is 1.37. The number of methoxy groups -OCH3 is 1. The molecule has 0 aliphatic heterocycles. The molecule has 1 rings (SSSR count). The van der Waals surface area contributed by atoms with E-state index in [-0.39, 0.29) is 0 Å². The van der Waals surface area contributed by atoms with E-state index in [0.717, 1.165) is 11.3 Å². The van der Waals surface area contributed by atoms with Crippen LogP contribution in [0.25, 0.3) is 0 Å². The van der Waals surface area contributed by atoms with Crippen LogP contribution in [0.5, 0.6) is 11.5 Å². The minimum absolute atomic E-state index is 0.490. The Hall–Kier alpha value is -1.75. The summed E-state index contributed by atoms with van der Waals surface area (Å²) in [7, 11) is 3.44. The molecule has 5 nitrogen and oxygen atoms in total. The van der Waals surface area contributed by atoms with Crippen LogP contribution in [0.15, 0.2) is 18.2 Å². The van der Waals surface area contributed by atoms with Crippen molar-refractivity contribution in [3.05, 3.63) is 23.8 Å². The maximum absolute atomic E-state index is 11.0. The van der Waals surface area contributed by atoms with Gasteiger partial charge in [-0.3, -0.25) is 4.79 Å². The summed E-state index contributed by atoms with van der Waals surface area (Å²) in [6.45, 7) is 2.24. The average molecular weight is 238 g/mol. The number of carbonyl (C=O) groups excluding carboxylic acids is 1. The lowest BCUT2D eigenvalue weighted by molar-refractivity contribution is -0.124. The number of primary amides is 1. The van der Waals surface area contributed by atoms with Crippen LogP contribution in [-0.4, -0.2) is 26.2 Å². The second-order valence-corrected chi connectivity index (χ2v) is 3.67. The van der Waals surface area contributed by atoms with Crippen molar-refractivity contribution >= 4 is 5.91 Å². The molecule has 0 spiro atoms. The second-order valence-electron chi connectivity index (χ2n) is 3.67. The van der Waals surface area contributed by atoms with Gasteiger partial charge in [0.05, 0.1) is 7.11 Å². The topological polar surface area (TPSA) is 73.6 Å². The number of ether oxygens (including phenoxy) is 2. The van der Waals surface area contributed by atoms with E-state index in [1.807, 2.05) is 13.1 Å². The average Bonchev–Trinajstić information content (AvgIpc) is 2.31. The van der Waals surface area contributed by atoms with Crippen LogP contribution in [0.3, 0.4) is 0 Å². The zero-order valence-electron chi connectivity index (χ0n) is 10.3. The number of benzene rings is 1. The van der Waals surface area contributed by atoms with Gasteiger partial charge in [0.2, 0.25) is 0 Å². The smallest absolute Gasteiger partial charge is 0.258 e. The number of rotatable bonds is 6. The molecule has 1 aromatic rings. The van der Waals surface area contributed by atoms with Crippen LogP contribution in [0.2, 0.25) is 0 Å². The number of nitrogens with one attached hydrogen (secondary N) is 1. The Balaban J connectivity index is 2.93. The molecule has 0 aromatic heterocycles. The molecular formula is C12H18N2O3. The number of hydrogen-bond acceptors (Lipinski definition) is 4. The minimum Gasteiger partial charge on any atom is -0.497 e.